The maximum atomic E-state index is 13.9. The van der Waals surface area contributed by atoms with Crippen molar-refractivity contribution in [1.29, 1.82) is 0 Å². The zero-order valence-electron chi connectivity index (χ0n) is 27.1. The maximum Gasteiger partial charge on any atom is 0.312 e. The number of esters is 2. The summed E-state index contributed by atoms with van der Waals surface area (Å²) in [5.41, 5.74) is -0.0364. The Morgan fingerprint density at radius 3 is 2.33 bits per heavy atom. The minimum Gasteiger partial charge on any atom is -0.464 e. The van der Waals surface area contributed by atoms with Crippen LogP contribution in [0.2, 0.25) is 0 Å². The number of hydrogen-bond acceptors (Lipinski definition) is 6. The lowest BCUT2D eigenvalue weighted by Crippen LogP contribution is -2.62. The van der Waals surface area contributed by atoms with Gasteiger partial charge in [0.05, 0.1) is 29.5 Å². The highest BCUT2D eigenvalue weighted by molar-refractivity contribution is 5.78. The van der Waals surface area contributed by atoms with E-state index in [0.29, 0.717) is 42.8 Å². The number of fused-ring (bicyclic) bond motifs is 7. The Morgan fingerprint density at radius 1 is 0.814 bits per heavy atom. The van der Waals surface area contributed by atoms with Gasteiger partial charge in [-0.2, -0.15) is 0 Å². The van der Waals surface area contributed by atoms with Crippen LogP contribution >= 0.6 is 0 Å². The predicted molar refractivity (Wildman–Crippen MR) is 164 cm³/mol. The SMILES string of the molecule is CC1C=C2CCCC(C(=O)OCC3(COC(=O)C45CCCC(CC(C)C4)C5)COC4(OC3)C(C)CC3CCCC4C3)(C2)C1. The molecule has 0 aromatic carbocycles. The molecule has 6 fully saturated rings. The monoisotopic (exact) mass is 596 g/mol. The summed E-state index contributed by atoms with van der Waals surface area (Å²) in [6.07, 6.45) is 19.6. The quantitative estimate of drug-likeness (QED) is 0.230. The summed E-state index contributed by atoms with van der Waals surface area (Å²) in [5, 5.41) is 0. The van der Waals surface area contributed by atoms with Crippen LogP contribution in [0.1, 0.15) is 124 Å². The summed E-state index contributed by atoms with van der Waals surface area (Å²) in [5.74, 6) is 2.43. The van der Waals surface area contributed by atoms with Crippen LogP contribution in [-0.2, 0) is 28.5 Å². The molecule has 6 bridgehead atoms. The van der Waals surface area contributed by atoms with E-state index in [-0.39, 0.29) is 30.6 Å². The zero-order valence-corrected chi connectivity index (χ0v) is 27.1. The molecule has 5 saturated carbocycles. The molecule has 8 atom stereocenters. The van der Waals surface area contributed by atoms with Gasteiger partial charge in [-0.3, -0.25) is 9.59 Å². The average Bonchev–Trinajstić information content (AvgIpc) is 2.98. The molecular formula is C37H56O6. The molecule has 1 spiro atoms. The molecule has 0 aromatic rings. The molecule has 7 rings (SSSR count). The first kappa shape index (κ1) is 30.3. The number of hydrogen-bond donors (Lipinski definition) is 0. The smallest absolute Gasteiger partial charge is 0.312 e. The van der Waals surface area contributed by atoms with Gasteiger partial charge in [0.2, 0.25) is 0 Å². The van der Waals surface area contributed by atoms with Crippen LogP contribution in [0.25, 0.3) is 0 Å². The summed E-state index contributed by atoms with van der Waals surface area (Å²) in [7, 11) is 0. The molecular weight excluding hydrogens is 540 g/mol. The van der Waals surface area contributed by atoms with Crippen molar-refractivity contribution in [2.75, 3.05) is 26.4 Å². The minimum absolute atomic E-state index is 0.0438. The van der Waals surface area contributed by atoms with Gasteiger partial charge in [-0.15, -0.1) is 0 Å². The lowest BCUT2D eigenvalue weighted by Gasteiger charge is -2.56. The largest absolute Gasteiger partial charge is 0.464 e. The van der Waals surface area contributed by atoms with Crippen LogP contribution in [-0.4, -0.2) is 44.2 Å². The summed E-state index contributed by atoms with van der Waals surface area (Å²) in [4.78, 5) is 27.8. The van der Waals surface area contributed by atoms with Gasteiger partial charge < -0.3 is 18.9 Å². The third kappa shape index (κ3) is 5.53. The van der Waals surface area contributed by atoms with Crippen molar-refractivity contribution in [3.05, 3.63) is 11.6 Å². The molecule has 0 amide bonds. The second-order valence-electron chi connectivity index (χ2n) is 16.9. The van der Waals surface area contributed by atoms with Gasteiger partial charge >= 0.3 is 11.9 Å². The first-order valence-corrected chi connectivity index (χ1v) is 18.0. The molecule has 8 unspecified atom stereocenters. The van der Waals surface area contributed by atoms with E-state index in [1.165, 1.54) is 37.7 Å². The highest BCUT2D eigenvalue weighted by atomic mass is 16.7. The van der Waals surface area contributed by atoms with Gasteiger partial charge in [0.15, 0.2) is 5.79 Å². The van der Waals surface area contributed by atoms with E-state index in [1.54, 1.807) is 0 Å². The fourth-order valence-electron chi connectivity index (χ4n) is 11.4. The van der Waals surface area contributed by atoms with Crippen molar-refractivity contribution in [3.8, 4) is 0 Å². The Kier molecular flexibility index (Phi) is 8.05. The van der Waals surface area contributed by atoms with Crippen molar-refractivity contribution in [2.24, 2.45) is 51.8 Å². The van der Waals surface area contributed by atoms with Gasteiger partial charge in [0, 0.05) is 11.8 Å². The van der Waals surface area contributed by atoms with E-state index in [1.807, 2.05) is 0 Å². The Bertz CT molecular complexity index is 1100. The van der Waals surface area contributed by atoms with Crippen LogP contribution in [0.5, 0.6) is 0 Å². The minimum atomic E-state index is -0.683. The van der Waals surface area contributed by atoms with Crippen LogP contribution in [0.3, 0.4) is 0 Å². The number of rotatable bonds is 6. The molecule has 0 aromatic heterocycles. The van der Waals surface area contributed by atoms with Crippen molar-refractivity contribution in [1.82, 2.24) is 0 Å². The van der Waals surface area contributed by atoms with E-state index in [2.05, 4.69) is 26.8 Å². The highest BCUT2D eigenvalue weighted by Gasteiger charge is 2.57. The lowest BCUT2D eigenvalue weighted by atomic mass is 9.59. The number of allylic oxidation sites excluding steroid dienone is 2. The Morgan fingerprint density at radius 2 is 1.53 bits per heavy atom. The normalized spacial score (nSPS) is 47.4. The molecule has 6 nitrogen and oxygen atoms in total. The highest BCUT2D eigenvalue weighted by Crippen LogP contribution is 2.55. The van der Waals surface area contributed by atoms with Crippen LogP contribution < -0.4 is 0 Å². The third-order valence-corrected chi connectivity index (χ3v) is 13.2. The summed E-state index contributed by atoms with van der Waals surface area (Å²) < 4.78 is 26.3. The van der Waals surface area contributed by atoms with E-state index in [0.717, 1.165) is 76.5 Å². The molecule has 1 heterocycles. The molecule has 0 radical (unpaired) electrons. The van der Waals surface area contributed by atoms with Crippen LogP contribution in [0.4, 0.5) is 0 Å². The van der Waals surface area contributed by atoms with Gasteiger partial charge in [-0.25, -0.2) is 0 Å². The number of ether oxygens (including phenoxy) is 4. The summed E-state index contributed by atoms with van der Waals surface area (Å²) in [6, 6.07) is 0. The molecule has 6 aliphatic carbocycles. The Hall–Kier alpha value is -1.40. The summed E-state index contributed by atoms with van der Waals surface area (Å²) >= 11 is 0. The molecule has 43 heavy (non-hydrogen) atoms. The molecule has 6 heteroatoms. The van der Waals surface area contributed by atoms with Gasteiger partial charge in [0.25, 0.3) is 0 Å². The second kappa shape index (κ2) is 11.4. The molecule has 1 saturated heterocycles. The lowest BCUT2D eigenvalue weighted by molar-refractivity contribution is -0.368. The van der Waals surface area contributed by atoms with Gasteiger partial charge in [-0.05, 0) is 101 Å². The van der Waals surface area contributed by atoms with E-state index in [4.69, 9.17) is 18.9 Å². The van der Waals surface area contributed by atoms with Gasteiger partial charge in [0.1, 0.15) is 13.2 Å². The zero-order chi connectivity index (χ0) is 29.9. The van der Waals surface area contributed by atoms with Crippen molar-refractivity contribution in [3.63, 3.8) is 0 Å². The van der Waals surface area contributed by atoms with Crippen molar-refractivity contribution < 1.29 is 28.5 Å². The van der Waals surface area contributed by atoms with Crippen LogP contribution in [0, 0.1) is 51.8 Å². The fourth-order valence-corrected chi connectivity index (χ4v) is 11.4. The Labute approximate surface area is 259 Å². The predicted octanol–water partition coefficient (Wildman–Crippen LogP) is 7.78. The van der Waals surface area contributed by atoms with E-state index in [9.17, 15) is 9.59 Å². The standard InChI is InChI=1S/C37H56O6/c1-25-13-29-8-5-11-35(17-25,19-29)32(38)40-21-34(22-41-33(39)36-12-6-9-30(20-36)14-26(2)18-36)23-42-37(43-24-34)27(3)15-28-7-4-10-31(37)16-28/h13,25-28,30-31H,4-12,14-24H2,1-3H3. The molecule has 1 aliphatic heterocycles. The topological polar surface area (TPSA) is 71.1 Å². The van der Waals surface area contributed by atoms with E-state index >= 15 is 0 Å². The molecule has 240 valence electrons. The number of carbonyl (C=O) groups excluding carboxylic acids is 2. The maximum absolute atomic E-state index is 13.9. The van der Waals surface area contributed by atoms with Gasteiger partial charge in [-0.1, -0.05) is 58.1 Å². The third-order valence-electron chi connectivity index (χ3n) is 13.2. The first-order valence-electron chi connectivity index (χ1n) is 18.0. The summed E-state index contributed by atoms with van der Waals surface area (Å²) in [6.45, 7) is 7.97. The van der Waals surface area contributed by atoms with E-state index < -0.39 is 16.6 Å². The molecule has 0 N–H and O–H groups in total. The average molecular weight is 597 g/mol. The second-order valence-corrected chi connectivity index (χ2v) is 16.9. The van der Waals surface area contributed by atoms with Crippen LogP contribution in [0.15, 0.2) is 11.6 Å². The first-order chi connectivity index (χ1) is 20.6. The Balaban J connectivity index is 1.08. The number of carbonyl (C=O) groups is 2. The fraction of sp³-hybridized carbons (Fsp3) is 0.892. The molecule has 7 aliphatic rings. The van der Waals surface area contributed by atoms with Crippen molar-refractivity contribution in [2.45, 2.75) is 129 Å². The van der Waals surface area contributed by atoms with Crippen molar-refractivity contribution >= 4 is 11.9 Å².